The van der Waals surface area contributed by atoms with Gasteiger partial charge in [0.25, 0.3) is 0 Å². The van der Waals surface area contributed by atoms with Crippen LogP contribution in [0.5, 0.6) is 0 Å². The van der Waals surface area contributed by atoms with E-state index in [1.54, 1.807) is 0 Å². The minimum atomic E-state index is 0.395. The van der Waals surface area contributed by atoms with E-state index in [0.29, 0.717) is 12.0 Å². The van der Waals surface area contributed by atoms with E-state index in [-0.39, 0.29) is 0 Å². The van der Waals surface area contributed by atoms with Gasteiger partial charge in [0.1, 0.15) is 5.82 Å². The molecule has 3 nitrogen and oxygen atoms in total. The van der Waals surface area contributed by atoms with Gasteiger partial charge in [0.05, 0.1) is 6.04 Å². The van der Waals surface area contributed by atoms with Gasteiger partial charge in [-0.3, -0.25) is 0 Å². The third-order valence-corrected chi connectivity index (χ3v) is 3.56. The van der Waals surface area contributed by atoms with Crippen molar-refractivity contribution in [1.29, 1.82) is 0 Å². The summed E-state index contributed by atoms with van der Waals surface area (Å²) in [6.07, 6.45) is 9.03. The fourth-order valence-electron chi connectivity index (χ4n) is 2.41. The highest BCUT2D eigenvalue weighted by molar-refractivity contribution is 5.01. The lowest BCUT2D eigenvalue weighted by Gasteiger charge is -2.25. The van der Waals surface area contributed by atoms with Crippen LogP contribution in [0.25, 0.3) is 0 Å². The number of unbranched alkanes of at least 4 members (excludes halogenated alkanes) is 1. The Labute approximate surface area is 112 Å². The zero-order valence-corrected chi connectivity index (χ0v) is 12.4. The fourth-order valence-corrected chi connectivity index (χ4v) is 2.41. The fraction of sp³-hybridized carbons (Fsp3) is 0.800. The van der Waals surface area contributed by atoms with Gasteiger partial charge in [-0.15, -0.1) is 0 Å². The zero-order chi connectivity index (χ0) is 13.4. The van der Waals surface area contributed by atoms with E-state index in [1.807, 2.05) is 6.20 Å². The van der Waals surface area contributed by atoms with Gasteiger partial charge >= 0.3 is 0 Å². The summed E-state index contributed by atoms with van der Waals surface area (Å²) in [6.45, 7) is 11.1. The monoisotopic (exact) mass is 251 g/mol. The number of aryl methyl sites for hydroxylation is 1. The predicted molar refractivity (Wildman–Crippen MR) is 77.6 cm³/mol. The molecule has 0 aliphatic rings. The average molecular weight is 251 g/mol. The van der Waals surface area contributed by atoms with Crippen LogP contribution in [-0.4, -0.2) is 16.1 Å². The molecule has 1 N–H and O–H groups in total. The third kappa shape index (κ3) is 4.13. The molecule has 0 aromatic carbocycles. The van der Waals surface area contributed by atoms with E-state index >= 15 is 0 Å². The van der Waals surface area contributed by atoms with Crippen LogP contribution in [0.2, 0.25) is 0 Å². The van der Waals surface area contributed by atoms with Crippen molar-refractivity contribution in [2.75, 3.05) is 6.54 Å². The lowest BCUT2D eigenvalue weighted by molar-refractivity contribution is 0.336. The first-order valence-corrected chi connectivity index (χ1v) is 7.48. The molecular formula is C15H29N3. The lowest BCUT2D eigenvalue weighted by atomic mass is 9.95. The lowest BCUT2D eigenvalue weighted by Crippen LogP contribution is -2.30. The summed E-state index contributed by atoms with van der Waals surface area (Å²) in [6, 6.07) is 0.395. The van der Waals surface area contributed by atoms with Crippen molar-refractivity contribution in [2.45, 2.75) is 66.0 Å². The maximum atomic E-state index is 4.57. The van der Waals surface area contributed by atoms with Gasteiger partial charge in [-0.25, -0.2) is 4.98 Å². The van der Waals surface area contributed by atoms with Gasteiger partial charge in [0, 0.05) is 18.9 Å². The van der Waals surface area contributed by atoms with Crippen LogP contribution in [0.4, 0.5) is 0 Å². The molecule has 2 atom stereocenters. The smallest absolute Gasteiger partial charge is 0.126 e. The molecule has 0 bridgehead atoms. The second-order valence-electron chi connectivity index (χ2n) is 5.12. The molecule has 3 heteroatoms. The molecule has 0 spiro atoms. The Morgan fingerprint density at radius 2 is 2.06 bits per heavy atom. The number of nitrogens with one attached hydrogen (secondary N) is 1. The van der Waals surface area contributed by atoms with Crippen LogP contribution in [0.15, 0.2) is 12.4 Å². The summed E-state index contributed by atoms with van der Waals surface area (Å²) in [7, 11) is 0. The molecule has 1 rings (SSSR count). The van der Waals surface area contributed by atoms with E-state index in [0.717, 1.165) is 13.1 Å². The molecule has 2 unspecified atom stereocenters. The summed E-state index contributed by atoms with van der Waals surface area (Å²) in [5.41, 5.74) is 0. The highest BCUT2D eigenvalue weighted by Crippen LogP contribution is 2.25. The summed E-state index contributed by atoms with van der Waals surface area (Å²) >= 11 is 0. The van der Waals surface area contributed by atoms with Crippen molar-refractivity contribution < 1.29 is 0 Å². The van der Waals surface area contributed by atoms with E-state index < -0.39 is 0 Å². The Morgan fingerprint density at radius 3 is 2.67 bits per heavy atom. The summed E-state index contributed by atoms with van der Waals surface area (Å²) in [5, 5.41) is 3.67. The number of imidazole rings is 1. The molecule has 0 aliphatic carbocycles. The van der Waals surface area contributed by atoms with Gasteiger partial charge in [-0.05, 0) is 32.2 Å². The molecule has 0 saturated carbocycles. The minimum Gasteiger partial charge on any atom is -0.334 e. The van der Waals surface area contributed by atoms with E-state index in [2.05, 4.69) is 48.8 Å². The van der Waals surface area contributed by atoms with Crippen LogP contribution in [-0.2, 0) is 6.54 Å². The quantitative estimate of drug-likeness (QED) is 0.724. The van der Waals surface area contributed by atoms with Crippen molar-refractivity contribution in [3.05, 3.63) is 18.2 Å². The van der Waals surface area contributed by atoms with E-state index in [4.69, 9.17) is 0 Å². The molecule has 0 radical (unpaired) electrons. The zero-order valence-electron chi connectivity index (χ0n) is 12.4. The van der Waals surface area contributed by atoms with Crippen molar-refractivity contribution in [3.63, 3.8) is 0 Å². The Morgan fingerprint density at radius 1 is 1.28 bits per heavy atom. The molecule has 104 valence electrons. The topological polar surface area (TPSA) is 29.9 Å². The van der Waals surface area contributed by atoms with Crippen molar-refractivity contribution >= 4 is 0 Å². The molecule has 0 amide bonds. The molecular weight excluding hydrogens is 222 g/mol. The van der Waals surface area contributed by atoms with Gasteiger partial charge in [0.15, 0.2) is 0 Å². The van der Waals surface area contributed by atoms with Gasteiger partial charge in [-0.2, -0.15) is 0 Å². The number of aromatic nitrogens is 2. The first-order valence-electron chi connectivity index (χ1n) is 7.48. The van der Waals surface area contributed by atoms with Gasteiger partial charge in [0.2, 0.25) is 0 Å². The number of rotatable bonds is 9. The maximum Gasteiger partial charge on any atom is 0.126 e. The second-order valence-corrected chi connectivity index (χ2v) is 5.12. The maximum absolute atomic E-state index is 4.57. The van der Waals surface area contributed by atoms with Crippen LogP contribution in [0.1, 0.15) is 65.2 Å². The standard InChI is InChI=1S/C15H29N3/c1-5-8-9-13(4)14(16-10-6-2)15-17-11-12-18(15)7-3/h11-14,16H,5-10H2,1-4H3. The molecule has 18 heavy (non-hydrogen) atoms. The Bertz CT molecular complexity index is 319. The van der Waals surface area contributed by atoms with E-state index in [1.165, 1.54) is 31.5 Å². The predicted octanol–water partition coefficient (Wildman–Crippen LogP) is 3.77. The number of nitrogens with zero attached hydrogens (tertiary/aromatic N) is 2. The Hall–Kier alpha value is -0.830. The van der Waals surface area contributed by atoms with Crippen LogP contribution in [0, 0.1) is 5.92 Å². The highest BCUT2D eigenvalue weighted by atomic mass is 15.1. The summed E-state index contributed by atoms with van der Waals surface area (Å²) < 4.78 is 2.26. The summed E-state index contributed by atoms with van der Waals surface area (Å²) in [5.74, 6) is 1.85. The van der Waals surface area contributed by atoms with Crippen LogP contribution < -0.4 is 5.32 Å². The molecule has 1 aromatic heterocycles. The van der Waals surface area contributed by atoms with Crippen molar-refractivity contribution in [2.24, 2.45) is 5.92 Å². The molecule has 0 fully saturated rings. The van der Waals surface area contributed by atoms with E-state index in [9.17, 15) is 0 Å². The summed E-state index contributed by atoms with van der Waals surface area (Å²) in [4.78, 5) is 4.57. The minimum absolute atomic E-state index is 0.395. The van der Waals surface area contributed by atoms with Crippen LogP contribution >= 0.6 is 0 Å². The Kier molecular flexibility index (Phi) is 7.02. The normalized spacial score (nSPS) is 14.7. The number of hydrogen-bond donors (Lipinski definition) is 1. The molecule has 1 aromatic rings. The first-order chi connectivity index (χ1) is 8.74. The second kappa shape index (κ2) is 8.30. The van der Waals surface area contributed by atoms with Gasteiger partial charge < -0.3 is 9.88 Å². The van der Waals surface area contributed by atoms with Crippen LogP contribution in [0.3, 0.4) is 0 Å². The number of hydrogen-bond acceptors (Lipinski definition) is 2. The average Bonchev–Trinajstić information content (AvgIpc) is 2.85. The largest absolute Gasteiger partial charge is 0.334 e. The Balaban J connectivity index is 2.76. The highest BCUT2D eigenvalue weighted by Gasteiger charge is 2.22. The first kappa shape index (κ1) is 15.2. The van der Waals surface area contributed by atoms with Crippen molar-refractivity contribution in [1.82, 2.24) is 14.9 Å². The molecule has 1 heterocycles. The van der Waals surface area contributed by atoms with Crippen molar-refractivity contribution in [3.8, 4) is 0 Å². The molecule has 0 aliphatic heterocycles. The van der Waals surface area contributed by atoms with Gasteiger partial charge in [-0.1, -0.05) is 33.6 Å². The third-order valence-electron chi connectivity index (χ3n) is 3.56. The molecule has 0 saturated heterocycles. The SMILES string of the molecule is CCCCC(C)C(NCCC)c1nccn1CC.